The van der Waals surface area contributed by atoms with Crippen LogP contribution in [0.2, 0.25) is 0 Å². The van der Waals surface area contributed by atoms with Crippen molar-refractivity contribution in [2.45, 2.75) is 38.0 Å². The zero-order valence-corrected chi connectivity index (χ0v) is 13.4. The van der Waals surface area contributed by atoms with Gasteiger partial charge in [0.25, 0.3) is 0 Å². The van der Waals surface area contributed by atoms with Crippen molar-refractivity contribution in [2.24, 2.45) is 0 Å². The first-order valence-electron chi connectivity index (χ1n) is 7.36. The predicted octanol–water partition coefficient (Wildman–Crippen LogP) is 1.51. The quantitative estimate of drug-likeness (QED) is 0.824. The van der Waals surface area contributed by atoms with E-state index >= 15 is 0 Å². The SMILES string of the molecule is COc1ccc(C(C)NC(=O)[C@@H]2CC[C@H](C(=O)O)O2)cc1OC. The van der Waals surface area contributed by atoms with Gasteiger partial charge < -0.3 is 24.6 Å². The molecule has 7 nitrogen and oxygen atoms in total. The highest BCUT2D eigenvalue weighted by molar-refractivity contribution is 5.83. The smallest absolute Gasteiger partial charge is 0.332 e. The molecule has 1 unspecified atom stereocenters. The topological polar surface area (TPSA) is 94.1 Å². The minimum atomic E-state index is -1.03. The zero-order valence-electron chi connectivity index (χ0n) is 13.4. The second kappa shape index (κ2) is 7.32. The molecule has 7 heteroatoms. The van der Waals surface area contributed by atoms with E-state index in [0.717, 1.165) is 5.56 Å². The molecule has 1 saturated heterocycles. The molecule has 1 aromatic carbocycles. The third-order valence-corrected chi connectivity index (χ3v) is 3.85. The molecule has 1 heterocycles. The van der Waals surface area contributed by atoms with Gasteiger partial charge in [0, 0.05) is 0 Å². The Morgan fingerprint density at radius 3 is 2.43 bits per heavy atom. The van der Waals surface area contributed by atoms with Gasteiger partial charge in [-0.3, -0.25) is 4.79 Å². The third kappa shape index (κ3) is 3.92. The van der Waals surface area contributed by atoms with Crippen molar-refractivity contribution < 1.29 is 28.9 Å². The summed E-state index contributed by atoms with van der Waals surface area (Å²) in [5.74, 6) is -0.156. The lowest BCUT2D eigenvalue weighted by molar-refractivity contribution is -0.151. The summed E-state index contributed by atoms with van der Waals surface area (Å²) in [5.41, 5.74) is 0.851. The van der Waals surface area contributed by atoms with Crippen molar-refractivity contribution >= 4 is 11.9 Å². The first-order valence-corrected chi connectivity index (χ1v) is 7.36. The fourth-order valence-corrected chi connectivity index (χ4v) is 2.52. The van der Waals surface area contributed by atoms with Crippen molar-refractivity contribution in [1.29, 1.82) is 0 Å². The molecule has 1 aromatic rings. The summed E-state index contributed by atoms with van der Waals surface area (Å²) in [6, 6.07) is 5.12. The lowest BCUT2D eigenvalue weighted by Gasteiger charge is -2.19. The van der Waals surface area contributed by atoms with Gasteiger partial charge in [-0.1, -0.05) is 6.07 Å². The number of hydrogen-bond donors (Lipinski definition) is 2. The highest BCUT2D eigenvalue weighted by atomic mass is 16.5. The van der Waals surface area contributed by atoms with Gasteiger partial charge in [-0.2, -0.15) is 0 Å². The van der Waals surface area contributed by atoms with E-state index < -0.39 is 18.2 Å². The Bertz CT molecular complexity index is 588. The van der Waals surface area contributed by atoms with Gasteiger partial charge in [0.05, 0.1) is 20.3 Å². The van der Waals surface area contributed by atoms with Crippen molar-refractivity contribution in [3.8, 4) is 11.5 Å². The third-order valence-electron chi connectivity index (χ3n) is 3.85. The molecule has 0 saturated carbocycles. The average molecular weight is 323 g/mol. The van der Waals surface area contributed by atoms with Gasteiger partial charge in [0.1, 0.15) is 6.10 Å². The number of carbonyl (C=O) groups is 2. The summed E-state index contributed by atoms with van der Waals surface area (Å²) < 4.78 is 15.7. The molecule has 0 spiro atoms. The van der Waals surface area contributed by atoms with Crippen molar-refractivity contribution in [3.63, 3.8) is 0 Å². The summed E-state index contributed by atoms with van der Waals surface area (Å²) in [4.78, 5) is 23.1. The maximum Gasteiger partial charge on any atom is 0.332 e. The summed E-state index contributed by atoms with van der Waals surface area (Å²) in [6.07, 6.45) is -0.875. The summed E-state index contributed by atoms with van der Waals surface area (Å²) in [5, 5.41) is 11.7. The van der Waals surface area contributed by atoms with Crippen LogP contribution in [0.3, 0.4) is 0 Å². The average Bonchev–Trinajstić information content (AvgIpc) is 3.04. The normalized spacial score (nSPS) is 21.5. The molecule has 2 rings (SSSR count). The number of hydrogen-bond acceptors (Lipinski definition) is 5. The van der Waals surface area contributed by atoms with E-state index in [1.54, 1.807) is 26.4 Å². The fraction of sp³-hybridized carbons (Fsp3) is 0.500. The second-order valence-corrected chi connectivity index (χ2v) is 5.37. The zero-order chi connectivity index (χ0) is 17.0. The second-order valence-electron chi connectivity index (χ2n) is 5.37. The highest BCUT2D eigenvalue weighted by Crippen LogP contribution is 2.30. The molecule has 0 aliphatic carbocycles. The molecule has 2 N–H and O–H groups in total. The maximum atomic E-state index is 12.2. The Morgan fingerprint density at radius 1 is 1.22 bits per heavy atom. The highest BCUT2D eigenvalue weighted by Gasteiger charge is 2.35. The number of aliphatic carboxylic acids is 1. The van der Waals surface area contributed by atoms with E-state index in [4.69, 9.17) is 19.3 Å². The molecule has 0 radical (unpaired) electrons. The van der Waals surface area contributed by atoms with Crippen LogP contribution in [0.15, 0.2) is 18.2 Å². The van der Waals surface area contributed by atoms with Gasteiger partial charge >= 0.3 is 5.97 Å². The van der Waals surface area contributed by atoms with Crippen molar-refractivity contribution in [3.05, 3.63) is 23.8 Å². The Balaban J connectivity index is 2.00. The van der Waals surface area contributed by atoms with E-state index in [1.165, 1.54) is 0 Å². The van der Waals surface area contributed by atoms with Gasteiger partial charge in [-0.05, 0) is 37.5 Å². The number of methoxy groups -OCH3 is 2. The number of amides is 1. The van der Waals surface area contributed by atoms with Gasteiger partial charge in [0.2, 0.25) is 5.91 Å². The number of carboxylic acid groups (broad SMARTS) is 1. The Kier molecular flexibility index (Phi) is 5.44. The molecular formula is C16H21NO6. The standard InChI is InChI=1S/C16H21NO6/c1-9(10-4-5-11(21-2)14(8-10)22-3)17-15(18)12-6-7-13(23-12)16(19)20/h4-5,8-9,12-13H,6-7H2,1-3H3,(H,17,18)(H,19,20)/t9?,12-,13+/m0/s1. The summed E-state index contributed by atoms with van der Waals surface area (Å²) in [6.45, 7) is 1.84. The number of nitrogens with one attached hydrogen (secondary N) is 1. The van der Waals surface area contributed by atoms with Crippen LogP contribution in [0.1, 0.15) is 31.4 Å². The van der Waals surface area contributed by atoms with Crippen molar-refractivity contribution in [2.75, 3.05) is 14.2 Å². The van der Waals surface area contributed by atoms with Crippen molar-refractivity contribution in [1.82, 2.24) is 5.32 Å². The molecule has 0 aromatic heterocycles. The van der Waals surface area contributed by atoms with Crippen LogP contribution in [0.25, 0.3) is 0 Å². The van der Waals surface area contributed by atoms with Gasteiger partial charge in [-0.25, -0.2) is 4.79 Å². The van der Waals surface area contributed by atoms with Crippen LogP contribution in [-0.4, -0.2) is 43.4 Å². The van der Waals surface area contributed by atoms with Crippen LogP contribution in [-0.2, 0) is 14.3 Å². The monoisotopic (exact) mass is 323 g/mol. The van der Waals surface area contributed by atoms with E-state index in [-0.39, 0.29) is 11.9 Å². The number of carboxylic acids is 1. The maximum absolute atomic E-state index is 12.2. The molecule has 126 valence electrons. The van der Waals surface area contributed by atoms with E-state index in [0.29, 0.717) is 24.3 Å². The van der Waals surface area contributed by atoms with Crippen LogP contribution in [0.5, 0.6) is 11.5 Å². The van der Waals surface area contributed by atoms with E-state index in [9.17, 15) is 9.59 Å². The summed E-state index contributed by atoms with van der Waals surface area (Å²) >= 11 is 0. The largest absolute Gasteiger partial charge is 0.493 e. The first kappa shape index (κ1) is 17.1. The van der Waals surface area contributed by atoms with Crippen LogP contribution in [0, 0.1) is 0 Å². The number of ether oxygens (including phenoxy) is 3. The van der Waals surface area contributed by atoms with E-state index in [1.807, 2.05) is 13.0 Å². The lowest BCUT2D eigenvalue weighted by atomic mass is 10.1. The molecule has 3 atom stereocenters. The molecule has 0 bridgehead atoms. The van der Waals surface area contributed by atoms with Crippen LogP contribution >= 0.6 is 0 Å². The van der Waals surface area contributed by atoms with Crippen LogP contribution < -0.4 is 14.8 Å². The predicted molar refractivity (Wildman–Crippen MR) is 81.6 cm³/mol. The Morgan fingerprint density at radius 2 is 1.87 bits per heavy atom. The molecule has 1 aliphatic heterocycles. The van der Waals surface area contributed by atoms with Crippen LogP contribution in [0.4, 0.5) is 0 Å². The molecule has 1 amide bonds. The number of rotatable bonds is 6. The molecule has 23 heavy (non-hydrogen) atoms. The minimum Gasteiger partial charge on any atom is -0.493 e. The Hall–Kier alpha value is -2.28. The molecular weight excluding hydrogens is 302 g/mol. The summed E-state index contributed by atoms with van der Waals surface area (Å²) in [7, 11) is 3.10. The van der Waals surface area contributed by atoms with Gasteiger partial charge in [-0.15, -0.1) is 0 Å². The number of benzene rings is 1. The Labute approximate surface area is 134 Å². The van der Waals surface area contributed by atoms with E-state index in [2.05, 4.69) is 5.32 Å². The fourth-order valence-electron chi connectivity index (χ4n) is 2.52. The lowest BCUT2D eigenvalue weighted by Crippen LogP contribution is -2.37. The van der Waals surface area contributed by atoms with Gasteiger partial charge in [0.15, 0.2) is 17.6 Å². The minimum absolute atomic E-state index is 0.269. The first-order chi connectivity index (χ1) is 11.0. The number of carbonyl (C=O) groups excluding carboxylic acids is 1. The molecule has 1 aliphatic rings. The molecule has 1 fully saturated rings.